The summed E-state index contributed by atoms with van der Waals surface area (Å²) >= 11 is 0. The summed E-state index contributed by atoms with van der Waals surface area (Å²) in [6.45, 7) is 12.9. The number of carbonyl (C=O) groups is 1. The van der Waals surface area contributed by atoms with Crippen LogP contribution in [-0.4, -0.2) is 74.1 Å². The summed E-state index contributed by atoms with van der Waals surface area (Å²) in [6.07, 6.45) is 2.80. The van der Waals surface area contributed by atoms with E-state index >= 15 is 0 Å². The molecule has 2 saturated heterocycles. The van der Waals surface area contributed by atoms with E-state index < -0.39 is 0 Å². The molecule has 1 aromatic carbocycles. The summed E-state index contributed by atoms with van der Waals surface area (Å²) in [4.78, 5) is 22.1. The Kier molecular flexibility index (Phi) is 8.14. The van der Waals surface area contributed by atoms with E-state index in [0.717, 1.165) is 64.5 Å². The summed E-state index contributed by atoms with van der Waals surface area (Å²) in [5, 5.41) is 3.46. The van der Waals surface area contributed by atoms with Crippen molar-refractivity contribution in [3.63, 3.8) is 0 Å². The molecule has 166 valence electrons. The third-order valence-electron chi connectivity index (χ3n) is 5.98. The monoisotopic (exact) mass is 414 g/mol. The van der Waals surface area contributed by atoms with Crippen LogP contribution in [0.5, 0.6) is 0 Å². The largest absolute Gasteiger partial charge is 0.378 e. The van der Waals surface area contributed by atoms with Gasteiger partial charge >= 0.3 is 0 Å². The minimum atomic E-state index is 0.0899. The highest BCUT2D eigenvalue weighted by molar-refractivity contribution is 5.82. The van der Waals surface area contributed by atoms with Gasteiger partial charge in [-0.1, -0.05) is 44.2 Å². The lowest BCUT2D eigenvalue weighted by Gasteiger charge is -2.37. The molecule has 0 unspecified atom stereocenters. The van der Waals surface area contributed by atoms with Crippen LogP contribution in [0.15, 0.2) is 35.3 Å². The fourth-order valence-corrected chi connectivity index (χ4v) is 4.30. The molecule has 0 spiro atoms. The highest BCUT2D eigenvalue weighted by Crippen LogP contribution is 2.24. The van der Waals surface area contributed by atoms with Crippen molar-refractivity contribution in [2.24, 2.45) is 16.3 Å². The summed E-state index contributed by atoms with van der Waals surface area (Å²) in [6, 6.07) is 10.6. The molecule has 0 atom stereocenters. The summed E-state index contributed by atoms with van der Waals surface area (Å²) in [5.74, 6) is 1.43. The smallest absolute Gasteiger partial charge is 0.225 e. The molecule has 1 aromatic rings. The molecule has 2 aliphatic heterocycles. The van der Waals surface area contributed by atoms with E-state index in [1.165, 1.54) is 5.56 Å². The first kappa shape index (κ1) is 22.6. The van der Waals surface area contributed by atoms with Crippen LogP contribution in [-0.2, 0) is 16.0 Å². The van der Waals surface area contributed by atoms with Crippen molar-refractivity contribution >= 4 is 11.9 Å². The van der Waals surface area contributed by atoms with Crippen LogP contribution >= 0.6 is 0 Å². The van der Waals surface area contributed by atoms with Gasteiger partial charge in [-0.25, -0.2) is 0 Å². The van der Waals surface area contributed by atoms with E-state index in [0.29, 0.717) is 19.1 Å². The Morgan fingerprint density at radius 3 is 2.40 bits per heavy atom. The minimum Gasteiger partial charge on any atom is -0.378 e. The Labute approximate surface area is 181 Å². The molecule has 0 aromatic heterocycles. The molecule has 0 aliphatic carbocycles. The zero-order valence-corrected chi connectivity index (χ0v) is 18.9. The minimum absolute atomic E-state index is 0.0899. The SMILES string of the molecule is CCNC(=NCC(C)(C)Cc1ccccc1)N1CCC(C(=O)N2CCOCC2)CC1. The third kappa shape index (κ3) is 6.46. The summed E-state index contributed by atoms with van der Waals surface area (Å²) in [5.41, 5.74) is 1.44. The fraction of sp³-hybridized carbons (Fsp3) is 0.667. The number of nitrogens with zero attached hydrogens (tertiary/aromatic N) is 3. The van der Waals surface area contributed by atoms with Crippen molar-refractivity contribution in [3.05, 3.63) is 35.9 Å². The number of nitrogens with one attached hydrogen (secondary N) is 1. The lowest BCUT2D eigenvalue weighted by atomic mass is 9.86. The second-order valence-electron chi connectivity index (χ2n) is 9.20. The molecule has 0 radical (unpaired) electrons. The highest BCUT2D eigenvalue weighted by atomic mass is 16.5. The molecule has 2 heterocycles. The zero-order chi connectivity index (χ0) is 21.4. The van der Waals surface area contributed by atoms with E-state index in [4.69, 9.17) is 9.73 Å². The number of likely N-dealkylation sites (tertiary alicyclic amines) is 1. The summed E-state index contributed by atoms with van der Waals surface area (Å²) < 4.78 is 5.38. The van der Waals surface area contributed by atoms with E-state index in [-0.39, 0.29) is 11.3 Å². The van der Waals surface area contributed by atoms with Gasteiger partial charge in [-0.05, 0) is 37.2 Å². The maximum absolute atomic E-state index is 12.8. The standard InChI is InChI=1S/C24H38N4O2/c1-4-25-23(26-19-24(2,3)18-20-8-6-5-7-9-20)28-12-10-21(11-13-28)22(29)27-14-16-30-17-15-27/h5-9,21H,4,10-19H2,1-3H3,(H,25,26). The topological polar surface area (TPSA) is 57.2 Å². The van der Waals surface area contributed by atoms with Gasteiger partial charge in [-0.2, -0.15) is 0 Å². The van der Waals surface area contributed by atoms with Crippen LogP contribution in [0.3, 0.4) is 0 Å². The molecular formula is C24H38N4O2. The molecule has 1 amide bonds. The number of morpholine rings is 1. The number of aliphatic imine (C=N–C) groups is 1. The van der Waals surface area contributed by atoms with Gasteiger partial charge in [0.05, 0.1) is 13.2 Å². The first-order chi connectivity index (χ1) is 14.5. The van der Waals surface area contributed by atoms with Gasteiger partial charge in [-0.15, -0.1) is 0 Å². The van der Waals surface area contributed by atoms with Crippen LogP contribution < -0.4 is 5.32 Å². The zero-order valence-electron chi connectivity index (χ0n) is 18.9. The van der Waals surface area contributed by atoms with Crippen LogP contribution in [0.4, 0.5) is 0 Å². The van der Waals surface area contributed by atoms with E-state index in [1.807, 2.05) is 4.90 Å². The lowest BCUT2D eigenvalue weighted by Crippen LogP contribution is -2.50. The first-order valence-electron chi connectivity index (χ1n) is 11.4. The highest BCUT2D eigenvalue weighted by Gasteiger charge is 2.30. The number of benzene rings is 1. The number of rotatable bonds is 6. The fourth-order valence-electron chi connectivity index (χ4n) is 4.30. The molecule has 6 nitrogen and oxygen atoms in total. The van der Waals surface area contributed by atoms with E-state index in [1.54, 1.807) is 0 Å². The molecule has 3 rings (SSSR count). The second kappa shape index (κ2) is 10.8. The van der Waals surface area contributed by atoms with Gasteiger partial charge in [0.15, 0.2) is 5.96 Å². The van der Waals surface area contributed by atoms with Crippen LogP contribution in [0.2, 0.25) is 0 Å². The Hall–Kier alpha value is -2.08. The Balaban J connectivity index is 1.55. The van der Waals surface area contributed by atoms with Crippen molar-refractivity contribution < 1.29 is 9.53 Å². The average Bonchev–Trinajstić information content (AvgIpc) is 2.77. The number of hydrogen-bond acceptors (Lipinski definition) is 3. The Bertz CT molecular complexity index is 690. The van der Waals surface area contributed by atoms with Gasteiger partial charge in [0.25, 0.3) is 0 Å². The van der Waals surface area contributed by atoms with Gasteiger partial charge in [0, 0.05) is 45.2 Å². The van der Waals surface area contributed by atoms with Crippen molar-refractivity contribution in [2.75, 3.05) is 52.5 Å². The number of amides is 1. The van der Waals surface area contributed by atoms with E-state index in [2.05, 4.69) is 61.3 Å². The van der Waals surface area contributed by atoms with Gasteiger partial charge < -0.3 is 19.9 Å². The number of guanidine groups is 1. The van der Waals surface area contributed by atoms with Crippen molar-refractivity contribution in [3.8, 4) is 0 Å². The molecule has 0 saturated carbocycles. The molecule has 6 heteroatoms. The van der Waals surface area contributed by atoms with Crippen molar-refractivity contribution in [2.45, 2.75) is 40.0 Å². The van der Waals surface area contributed by atoms with Crippen LogP contribution in [0, 0.1) is 11.3 Å². The molecule has 30 heavy (non-hydrogen) atoms. The predicted octanol–water partition coefficient (Wildman–Crippen LogP) is 2.79. The Morgan fingerprint density at radius 2 is 1.77 bits per heavy atom. The normalized spacial score (nSPS) is 19.1. The second-order valence-corrected chi connectivity index (χ2v) is 9.20. The molecule has 0 bridgehead atoms. The van der Waals surface area contributed by atoms with Crippen molar-refractivity contribution in [1.82, 2.24) is 15.1 Å². The number of ether oxygens (including phenoxy) is 1. The third-order valence-corrected chi connectivity index (χ3v) is 5.98. The molecule has 2 fully saturated rings. The quantitative estimate of drug-likeness (QED) is 0.574. The molecule has 2 aliphatic rings. The van der Waals surface area contributed by atoms with Crippen molar-refractivity contribution in [1.29, 1.82) is 0 Å². The maximum atomic E-state index is 12.8. The number of piperidine rings is 1. The molecule has 1 N–H and O–H groups in total. The molecular weight excluding hydrogens is 376 g/mol. The first-order valence-corrected chi connectivity index (χ1v) is 11.4. The average molecular weight is 415 g/mol. The van der Waals surface area contributed by atoms with Crippen LogP contribution in [0.1, 0.15) is 39.2 Å². The van der Waals surface area contributed by atoms with Gasteiger partial charge in [0.1, 0.15) is 0 Å². The van der Waals surface area contributed by atoms with Crippen LogP contribution in [0.25, 0.3) is 0 Å². The maximum Gasteiger partial charge on any atom is 0.225 e. The van der Waals surface area contributed by atoms with Gasteiger partial charge in [0.2, 0.25) is 5.91 Å². The summed E-state index contributed by atoms with van der Waals surface area (Å²) in [7, 11) is 0. The lowest BCUT2D eigenvalue weighted by molar-refractivity contribution is -0.140. The number of carbonyl (C=O) groups excluding carboxylic acids is 1. The predicted molar refractivity (Wildman–Crippen MR) is 122 cm³/mol. The van der Waals surface area contributed by atoms with E-state index in [9.17, 15) is 4.79 Å². The Morgan fingerprint density at radius 1 is 1.10 bits per heavy atom. The number of hydrogen-bond donors (Lipinski definition) is 1. The van der Waals surface area contributed by atoms with Gasteiger partial charge in [-0.3, -0.25) is 9.79 Å².